The maximum Gasteiger partial charge on any atom is 0.264 e. The molecule has 1 fully saturated rings. The number of amides is 1. The van der Waals surface area contributed by atoms with Crippen molar-refractivity contribution in [3.8, 4) is 11.5 Å². The van der Waals surface area contributed by atoms with Gasteiger partial charge >= 0.3 is 0 Å². The van der Waals surface area contributed by atoms with Gasteiger partial charge in [0.15, 0.2) is 16.7 Å². The van der Waals surface area contributed by atoms with Gasteiger partial charge in [0.2, 0.25) is 0 Å². The van der Waals surface area contributed by atoms with Crippen LogP contribution in [0.25, 0.3) is 6.08 Å². The van der Waals surface area contributed by atoms with E-state index in [1.807, 2.05) is 44.2 Å². The lowest BCUT2D eigenvalue weighted by atomic mass is 10.1. The van der Waals surface area contributed by atoms with Crippen LogP contribution in [0.15, 0.2) is 70.6 Å². The fraction of sp³-hybridized carbons (Fsp3) is 0.154. The zero-order valence-electron chi connectivity index (χ0n) is 18.6. The second-order valence-electron chi connectivity index (χ2n) is 7.50. The number of hydrogen-bond donors (Lipinski definition) is 1. The van der Waals surface area contributed by atoms with E-state index in [0.29, 0.717) is 50.5 Å². The number of thioether (sulfide) groups is 1. The topological polar surface area (TPSA) is 59.9 Å². The molecule has 5 nitrogen and oxygen atoms in total. The van der Waals surface area contributed by atoms with Crippen molar-refractivity contribution < 1.29 is 14.3 Å². The molecule has 1 saturated heterocycles. The van der Waals surface area contributed by atoms with Crippen molar-refractivity contribution in [3.63, 3.8) is 0 Å². The number of benzene rings is 3. The number of halogens is 2. The maximum absolute atomic E-state index is 12.5. The molecule has 1 aliphatic heterocycles. The quantitative estimate of drug-likeness (QED) is 0.340. The van der Waals surface area contributed by atoms with Gasteiger partial charge in [0.25, 0.3) is 5.91 Å². The molecule has 0 aromatic heterocycles. The summed E-state index contributed by atoms with van der Waals surface area (Å²) >= 11 is 13.7. The molecule has 34 heavy (non-hydrogen) atoms. The molecule has 1 aliphatic rings. The Bertz CT molecular complexity index is 1260. The largest absolute Gasteiger partial charge is 0.490 e. The van der Waals surface area contributed by atoms with E-state index >= 15 is 0 Å². The van der Waals surface area contributed by atoms with Crippen LogP contribution in [0, 0.1) is 6.92 Å². The fourth-order valence-corrected chi connectivity index (χ4v) is 4.42. The van der Waals surface area contributed by atoms with Crippen molar-refractivity contribution in [2.75, 3.05) is 6.61 Å². The molecular formula is C26H22Cl2N2O3S. The third-order valence-electron chi connectivity index (χ3n) is 4.84. The highest BCUT2D eigenvalue weighted by atomic mass is 35.5. The van der Waals surface area contributed by atoms with Crippen LogP contribution < -0.4 is 14.8 Å². The summed E-state index contributed by atoms with van der Waals surface area (Å²) in [6.45, 7) is 4.74. The molecule has 8 heteroatoms. The van der Waals surface area contributed by atoms with Gasteiger partial charge in [0, 0.05) is 5.02 Å². The van der Waals surface area contributed by atoms with E-state index in [-0.39, 0.29) is 5.91 Å². The first kappa shape index (κ1) is 24.2. The molecule has 0 atom stereocenters. The van der Waals surface area contributed by atoms with Crippen LogP contribution in [-0.2, 0) is 11.4 Å². The first-order valence-electron chi connectivity index (χ1n) is 10.6. The van der Waals surface area contributed by atoms with E-state index in [9.17, 15) is 4.79 Å². The summed E-state index contributed by atoms with van der Waals surface area (Å²) in [7, 11) is 0. The second kappa shape index (κ2) is 11.0. The summed E-state index contributed by atoms with van der Waals surface area (Å²) in [4.78, 5) is 17.4. The highest BCUT2D eigenvalue weighted by molar-refractivity contribution is 8.18. The monoisotopic (exact) mass is 512 g/mol. The minimum absolute atomic E-state index is 0.230. The lowest BCUT2D eigenvalue weighted by molar-refractivity contribution is -0.115. The minimum atomic E-state index is -0.230. The summed E-state index contributed by atoms with van der Waals surface area (Å²) in [5.74, 6) is 0.763. The van der Waals surface area contributed by atoms with Gasteiger partial charge in [-0.15, -0.1) is 0 Å². The molecule has 0 radical (unpaired) electrons. The van der Waals surface area contributed by atoms with E-state index in [4.69, 9.17) is 32.7 Å². The molecule has 0 aliphatic carbocycles. The lowest BCUT2D eigenvalue weighted by Gasteiger charge is -2.15. The second-order valence-corrected chi connectivity index (χ2v) is 9.37. The van der Waals surface area contributed by atoms with E-state index in [1.165, 1.54) is 17.3 Å². The first-order chi connectivity index (χ1) is 16.4. The molecule has 174 valence electrons. The molecule has 1 N–H and O–H groups in total. The summed E-state index contributed by atoms with van der Waals surface area (Å²) in [6.07, 6.45) is 1.75. The van der Waals surface area contributed by atoms with Crippen molar-refractivity contribution in [2.24, 2.45) is 4.99 Å². The number of nitrogens with zero attached hydrogens (tertiary/aromatic N) is 1. The summed E-state index contributed by atoms with van der Waals surface area (Å²) in [6, 6.07) is 18.7. The molecule has 0 bridgehead atoms. The van der Waals surface area contributed by atoms with Gasteiger partial charge in [-0.1, -0.05) is 53.0 Å². The number of ether oxygens (including phenoxy) is 2. The van der Waals surface area contributed by atoms with Crippen LogP contribution in [0.4, 0.5) is 5.69 Å². The van der Waals surface area contributed by atoms with Gasteiger partial charge in [-0.2, -0.15) is 0 Å². The smallest absolute Gasteiger partial charge is 0.264 e. The summed E-state index contributed by atoms with van der Waals surface area (Å²) in [5.41, 5.74) is 3.64. The fourth-order valence-electron chi connectivity index (χ4n) is 3.18. The molecule has 3 aromatic rings. The molecule has 0 saturated carbocycles. The Morgan fingerprint density at radius 2 is 1.76 bits per heavy atom. The average molecular weight is 513 g/mol. The van der Waals surface area contributed by atoms with Gasteiger partial charge in [-0.3, -0.25) is 4.79 Å². The summed E-state index contributed by atoms with van der Waals surface area (Å²) < 4.78 is 11.8. The molecular weight excluding hydrogens is 491 g/mol. The highest BCUT2D eigenvalue weighted by Gasteiger charge is 2.24. The van der Waals surface area contributed by atoms with Gasteiger partial charge in [0.1, 0.15) is 6.61 Å². The van der Waals surface area contributed by atoms with E-state index in [0.717, 1.165) is 11.1 Å². The Labute approximate surface area is 212 Å². The Kier molecular flexibility index (Phi) is 7.83. The van der Waals surface area contributed by atoms with Crippen molar-refractivity contribution in [1.29, 1.82) is 0 Å². The average Bonchev–Trinajstić information content (AvgIpc) is 3.14. The van der Waals surface area contributed by atoms with Crippen LogP contribution in [0.1, 0.15) is 23.6 Å². The van der Waals surface area contributed by atoms with Gasteiger partial charge in [-0.05, 0) is 79.2 Å². The Balaban J connectivity index is 1.54. The Hall–Kier alpha value is -2.93. The van der Waals surface area contributed by atoms with Crippen LogP contribution in [-0.4, -0.2) is 17.7 Å². The normalized spacial score (nSPS) is 15.6. The van der Waals surface area contributed by atoms with Gasteiger partial charge in [-0.25, -0.2) is 4.99 Å². The molecule has 1 amide bonds. The van der Waals surface area contributed by atoms with Crippen LogP contribution >= 0.6 is 35.0 Å². The molecule has 4 rings (SSSR count). The Morgan fingerprint density at radius 1 is 1.03 bits per heavy atom. The number of nitrogens with one attached hydrogen (secondary N) is 1. The molecule has 3 aromatic carbocycles. The number of amidine groups is 1. The third kappa shape index (κ3) is 6.14. The number of hydrogen-bond acceptors (Lipinski definition) is 5. The SMILES string of the molecule is CCOc1cc(/C=C2\SC(=Nc3ccc(Cl)cc3)NC2=O)cc(Cl)c1OCc1ccc(C)cc1. The predicted octanol–water partition coefficient (Wildman–Crippen LogP) is 7.17. The Morgan fingerprint density at radius 3 is 2.47 bits per heavy atom. The van der Waals surface area contributed by atoms with Crippen molar-refractivity contribution >= 4 is 57.8 Å². The number of aryl methyl sites for hydroxylation is 1. The standard InChI is InChI=1S/C26H22Cl2N2O3S/c1-3-32-22-13-18(12-21(28)24(22)33-15-17-6-4-16(2)5-7-17)14-23-25(31)30-26(34-23)29-20-10-8-19(27)9-11-20/h4-14H,3,15H2,1-2H3,(H,29,30,31)/b23-14-. The zero-order chi connectivity index (χ0) is 24.1. The van der Waals surface area contributed by atoms with Crippen molar-refractivity contribution in [3.05, 3.63) is 92.3 Å². The van der Waals surface area contributed by atoms with Crippen molar-refractivity contribution in [2.45, 2.75) is 20.5 Å². The summed E-state index contributed by atoms with van der Waals surface area (Å²) in [5, 5.41) is 4.30. The maximum atomic E-state index is 12.5. The zero-order valence-corrected chi connectivity index (χ0v) is 20.9. The van der Waals surface area contributed by atoms with Crippen molar-refractivity contribution in [1.82, 2.24) is 5.32 Å². The highest BCUT2D eigenvalue weighted by Crippen LogP contribution is 2.39. The van der Waals surface area contributed by atoms with Gasteiger partial charge < -0.3 is 14.8 Å². The number of aliphatic imine (C=N–C) groups is 1. The lowest BCUT2D eigenvalue weighted by Crippen LogP contribution is -2.19. The van der Waals surface area contributed by atoms with E-state index in [1.54, 1.807) is 36.4 Å². The number of carbonyl (C=O) groups is 1. The van der Waals surface area contributed by atoms with Gasteiger partial charge in [0.05, 0.1) is 22.2 Å². The number of carbonyl (C=O) groups excluding carboxylic acids is 1. The molecule has 0 unspecified atom stereocenters. The van der Waals surface area contributed by atoms with E-state index < -0.39 is 0 Å². The van der Waals surface area contributed by atoms with E-state index in [2.05, 4.69) is 10.3 Å². The number of rotatable bonds is 7. The van der Waals surface area contributed by atoms with Crippen LogP contribution in [0.5, 0.6) is 11.5 Å². The predicted molar refractivity (Wildman–Crippen MR) is 140 cm³/mol. The minimum Gasteiger partial charge on any atom is -0.490 e. The molecule has 1 heterocycles. The third-order valence-corrected chi connectivity index (χ3v) is 6.28. The van der Waals surface area contributed by atoms with Crippen LogP contribution in [0.2, 0.25) is 10.0 Å². The van der Waals surface area contributed by atoms with Crippen LogP contribution in [0.3, 0.4) is 0 Å². The first-order valence-corrected chi connectivity index (χ1v) is 12.2. The molecule has 0 spiro atoms.